The van der Waals surface area contributed by atoms with E-state index in [0.717, 1.165) is 25.0 Å². The van der Waals surface area contributed by atoms with Gasteiger partial charge >= 0.3 is 0 Å². The molecule has 2 rings (SSSR count). The lowest BCUT2D eigenvalue weighted by molar-refractivity contribution is 0.276. The summed E-state index contributed by atoms with van der Waals surface area (Å²) in [5, 5.41) is 0. The molecule has 0 aromatic carbocycles. The van der Waals surface area contributed by atoms with Crippen LogP contribution in [0.25, 0.3) is 0 Å². The maximum atomic E-state index is 6.10. The van der Waals surface area contributed by atoms with Crippen molar-refractivity contribution in [3.8, 4) is 0 Å². The predicted octanol–water partition coefficient (Wildman–Crippen LogP) is 2.37. The van der Waals surface area contributed by atoms with E-state index in [1.165, 1.54) is 44.9 Å². The van der Waals surface area contributed by atoms with Crippen LogP contribution in [0.3, 0.4) is 0 Å². The van der Waals surface area contributed by atoms with Crippen molar-refractivity contribution in [3.63, 3.8) is 0 Å². The minimum absolute atomic E-state index is 0.507. The van der Waals surface area contributed by atoms with Crippen LogP contribution < -0.4 is 5.73 Å². The molecule has 0 radical (unpaired) electrons. The number of hydrogen-bond donors (Lipinski definition) is 1. The predicted molar refractivity (Wildman–Crippen MR) is 68.5 cm³/mol. The van der Waals surface area contributed by atoms with Gasteiger partial charge in [0.1, 0.15) is 0 Å². The van der Waals surface area contributed by atoms with Gasteiger partial charge in [-0.25, -0.2) is 4.99 Å². The highest BCUT2D eigenvalue weighted by molar-refractivity contribution is 5.78. The van der Waals surface area contributed by atoms with Crippen molar-refractivity contribution in [1.82, 2.24) is 4.90 Å². The van der Waals surface area contributed by atoms with Crippen molar-refractivity contribution in [2.75, 3.05) is 13.1 Å². The molecule has 0 aromatic heterocycles. The van der Waals surface area contributed by atoms with Gasteiger partial charge in [-0.3, -0.25) is 0 Å². The molecular weight excluding hydrogens is 198 g/mol. The van der Waals surface area contributed by atoms with Crippen LogP contribution >= 0.6 is 0 Å². The van der Waals surface area contributed by atoms with Crippen LogP contribution in [0, 0.1) is 5.92 Å². The van der Waals surface area contributed by atoms with E-state index in [4.69, 9.17) is 10.7 Å². The quantitative estimate of drug-likeness (QED) is 0.548. The van der Waals surface area contributed by atoms with E-state index in [1.54, 1.807) is 0 Å². The molecule has 0 aromatic rings. The van der Waals surface area contributed by atoms with Crippen LogP contribution in [0.5, 0.6) is 0 Å². The zero-order valence-corrected chi connectivity index (χ0v) is 10.5. The van der Waals surface area contributed by atoms with Gasteiger partial charge in [-0.05, 0) is 31.6 Å². The van der Waals surface area contributed by atoms with Gasteiger partial charge in [0.15, 0.2) is 5.96 Å². The molecule has 3 nitrogen and oxygen atoms in total. The Balaban J connectivity index is 1.85. The molecule has 3 heteroatoms. The standard InChI is InChI=1S/C13H25N3/c1-11-7-9-16(10-8-11)13(14)15-12-5-3-2-4-6-12/h11-12H,2-10H2,1H3,(H2,14,15). The highest BCUT2D eigenvalue weighted by Crippen LogP contribution is 2.21. The van der Waals surface area contributed by atoms with Gasteiger partial charge in [0, 0.05) is 13.1 Å². The topological polar surface area (TPSA) is 41.6 Å². The summed E-state index contributed by atoms with van der Waals surface area (Å²) in [5.41, 5.74) is 6.10. The summed E-state index contributed by atoms with van der Waals surface area (Å²) in [6.45, 7) is 4.53. The van der Waals surface area contributed by atoms with Gasteiger partial charge in [0.25, 0.3) is 0 Å². The first-order valence-electron chi connectivity index (χ1n) is 6.84. The lowest BCUT2D eigenvalue weighted by Gasteiger charge is -2.32. The number of likely N-dealkylation sites (tertiary alicyclic amines) is 1. The van der Waals surface area contributed by atoms with Crippen LogP contribution in [0.2, 0.25) is 0 Å². The number of guanidine groups is 1. The van der Waals surface area contributed by atoms with Crippen molar-refractivity contribution in [2.24, 2.45) is 16.6 Å². The van der Waals surface area contributed by atoms with E-state index in [-0.39, 0.29) is 0 Å². The number of nitrogens with zero attached hydrogens (tertiary/aromatic N) is 2. The van der Waals surface area contributed by atoms with Crippen LogP contribution in [0.1, 0.15) is 51.9 Å². The average Bonchev–Trinajstić information content (AvgIpc) is 2.31. The van der Waals surface area contributed by atoms with Crippen molar-refractivity contribution in [2.45, 2.75) is 57.9 Å². The second-order valence-electron chi connectivity index (χ2n) is 5.45. The molecule has 92 valence electrons. The third kappa shape index (κ3) is 3.13. The molecule has 1 aliphatic heterocycles. The molecule has 0 atom stereocenters. The highest BCUT2D eigenvalue weighted by atomic mass is 15.3. The summed E-state index contributed by atoms with van der Waals surface area (Å²) in [6, 6.07) is 0.507. The number of aliphatic imine (C=N–C) groups is 1. The molecule has 2 N–H and O–H groups in total. The second-order valence-corrected chi connectivity index (χ2v) is 5.45. The Bertz CT molecular complexity index is 236. The van der Waals surface area contributed by atoms with E-state index in [9.17, 15) is 0 Å². The Kier molecular flexibility index (Phi) is 4.08. The summed E-state index contributed by atoms with van der Waals surface area (Å²) in [5.74, 6) is 1.66. The molecule has 2 aliphatic rings. The first-order valence-corrected chi connectivity index (χ1v) is 6.84. The van der Waals surface area contributed by atoms with E-state index >= 15 is 0 Å². The number of piperidine rings is 1. The summed E-state index contributed by atoms with van der Waals surface area (Å²) in [7, 11) is 0. The molecular formula is C13H25N3. The summed E-state index contributed by atoms with van der Waals surface area (Å²) in [6.07, 6.45) is 9.06. The van der Waals surface area contributed by atoms with E-state index < -0.39 is 0 Å². The maximum absolute atomic E-state index is 6.10. The third-order valence-electron chi connectivity index (χ3n) is 4.00. The van der Waals surface area contributed by atoms with Gasteiger partial charge in [-0.2, -0.15) is 0 Å². The lowest BCUT2D eigenvalue weighted by Crippen LogP contribution is -2.43. The highest BCUT2D eigenvalue weighted by Gasteiger charge is 2.19. The van der Waals surface area contributed by atoms with Crippen molar-refractivity contribution < 1.29 is 0 Å². The first-order chi connectivity index (χ1) is 7.75. The van der Waals surface area contributed by atoms with Crippen molar-refractivity contribution in [3.05, 3.63) is 0 Å². The number of nitrogens with two attached hydrogens (primary N) is 1. The smallest absolute Gasteiger partial charge is 0.191 e. The zero-order chi connectivity index (χ0) is 11.4. The Morgan fingerprint density at radius 3 is 2.31 bits per heavy atom. The third-order valence-corrected chi connectivity index (χ3v) is 4.00. The van der Waals surface area contributed by atoms with Crippen LogP contribution in [0.15, 0.2) is 4.99 Å². The normalized spacial score (nSPS) is 26.1. The van der Waals surface area contributed by atoms with Crippen LogP contribution in [-0.2, 0) is 0 Å². The fourth-order valence-electron chi connectivity index (χ4n) is 2.72. The van der Waals surface area contributed by atoms with Gasteiger partial charge in [0.2, 0.25) is 0 Å². The van der Waals surface area contributed by atoms with Gasteiger partial charge in [0.05, 0.1) is 6.04 Å². The van der Waals surface area contributed by atoms with Gasteiger partial charge < -0.3 is 10.6 Å². The monoisotopic (exact) mass is 223 g/mol. The lowest BCUT2D eigenvalue weighted by atomic mass is 9.96. The van der Waals surface area contributed by atoms with E-state index in [0.29, 0.717) is 6.04 Å². The SMILES string of the molecule is CC1CCN(C(N)=NC2CCCCC2)CC1. The van der Waals surface area contributed by atoms with E-state index in [2.05, 4.69) is 11.8 Å². The summed E-state index contributed by atoms with van der Waals surface area (Å²) < 4.78 is 0. The maximum Gasteiger partial charge on any atom is 0.191 e. The molecule has 1 saturated carbocycles. The average molecular weight is 223 g/mol. The molecule has 1 aliphatic carbocycles. The minimum atomic E-state index is 0.507. The summed E-state index contributed by atoms with van der Waals surface area (Å²) >= 11 is 0. The first kappa shape index (κ1) is 11.7. The second kappa shape index (κ2) is 5.55. The van der Waals surface area contributed by atoms with Crippen LogP contribution in [-0.4, -0.2) is 30.0 Å². The number of hydrogen-bond acceptors (Lipinski definition) is 1. The molecule has 1 heterocycles. The van der Waals surface area contributed by atoms with Crippen LogP contribution in [0.4, 0.5) is 0 Å². The van der Waals surface area contributed by atoms with Crippen molar-refractivity contribution >= 4 is 5.96 Å². The fourth-order valence-corrected chi connectivity index (χ4v) is 2.72. The fraction of sp³-hybridized carbons (Fsp3) is 0.923. The van der Waals surface area contributed by atoms with Gasteiger partial charge in [-0.15, -0.1) is 0 Å². The molecule has 2 fully saturated rings. The molecule has 0 spiro atoms. The molecule has 0 bridgehead atoms. The Morgan fingerprint density at radius 2 is 1.69 bits per heavy atom. The molecule has 0 unspecified atom stereocenters. The Hall–Kier alpha value is -0.730. The summed E-state index contributed by atoms with van der Waals surface area (Å²) in [4.78, 5) is 6.98. The van der Waals surface area contributed by atoms with Gasteiger partial charge in [-0.1, -0.05) is 26.2 Å². The largest absolute Gasteiger partial charge is 0.370 e. The Morgan fingerprint density at radius 1 is 1.06 bits per heavy atom. The molecule has 16 heavy (non-hydrogen) atoms. The minimum Gasteiger partial charge on any atom is -0.370 e. The Labute approximate surface area is 99.1 Å². The molecule has 0 amide bonds. The molecule has 1 saturated heterocycles. The zero-order valence-electron chi connectivity index (χ0n) is 10.5. The number of rotatable bonds is 1. The van der Waals surface area contributed by atoms with Crippen molar-refractivity contribution in [1.29, 1.82) is 0 Å². The van der Waals surface area contributed by atoms with E-state index in [1.807, 2.05) is 0 Å².